The first-order valence-corrected chi connectivity index (χ1v) is 8.91. The molecule has 3 N–H and O–H groups in total. The van der Waals surface area contributed by atoms with E-state index in [9.17, 15) is 4.79 Å². The Labute approximate surface area is 146 Å². The SMILES string of the molecule is CCCOc1c(Br)cc(C(=O)NC2CCC(N)CC2)cc1OC. The van der Waals surface area contributed by atoms with Gasteiger partial charge >= 0.3 is 0 Å². The number of amides is 1. The van der Waals surface area contributed by atoms with Crippen LogP contribution in [0.5, 0.6) is 11.5 Å². The lowest BCUT2D eigenvalue weighted by Gasteiger charge is -2.27. The Morgan fingerprint density at radius 1 is 1.35 bits per heavy atom. The van der Waals surface area contributed by atoms with Crippen molar-refractivity contribution in [2.75, 3.05) is 13.7 Å². The average Bonchev–Trinajstić information content (AvgIpc) is 2.55. The summed E-state index contributed by atoms with van der Waals surface area (Å²) in [6.45, 7) is 2.64. The molecule has 1 amide bonds. The topological polar surface area (TPSA) is 73.6 Å². The van der Waals surface area contributed by atoms with Gasteiger partial charge in [0.25, 0.3) is 5.91 Å². The molecule has 0 aliphatic heterocycles. The lowest BCUT2D eigenvalue weighted by molar-refractivity contribution is 0.0925. The minimum absolute atomic E-state index is 0.0912. The number of hydrogen-bond donors (Lipinski definition) is 2. The molecule has 0 saturated heterocycles. The van der Waals surface area contributed by atoms with Crippen LogP contribution in [0, 0.1) is 0 Å². The number of halogens is 1. The predicted octanol–water partition coefficient (Wildman–Crippen LogP) is 3.25. The predicted molar refractivity (Wildman–Crippen MR) is 94.2 cm³/mol. The number of hydrogen-bond acceptors (Lipinski definition) is 4. The van der Waals surface area contributed by atoms with Crippen molar-refractivity contribution >= 4 is 21.8 Å². The summed E-state index contributed by atoms with van der Waals surface area (Å²) in [5.41, 5.74) is 6.47. The highest BCUT2D eigenvalue weighted by Crippen LogP contribution is 2.36. The van der Waals surface area contributed by atoms with Gasteiger partial charge in [-0.2, -0.15) is 0 Å². The fourth-order valence-corrected chi connectivity index (χ4v) is 3.28. The molecule has 128 valence electrons. The quantitative estimate of drug-likeness (QED) is 0.789. The monoisotopic (exact) mass is 384 g/mol. The Hall–Kier alpha value is -1.27. The Bertz CT molecular complexity index is 543. The zero-order chi connectivity index (χ0) is 16.8. The maximum atomic E-state index is 12.5. The van der Waals surface area contributed by atoms with Crippen LogP contribution >= 0.6 is 15.9 Å². The fourth-order valence-electron chi connectivity index (χ4n) is 2.73. The zero-order valence-corrected chi connectivity index (χ0v) is 15.3. The highest BCUT2D eigenvalue weighted by Gasteiger charge is 2.22. The van der Waals surface area contributed by atoms with Crippen LogP contribution in [0.2, 0.25) is 0 Å². The molecule has 1 aromatic rings. The van der Waals surface area contributed by atoms with Gasteiger partial charge in [-0.1, -0.05) is 6.92 Å². The molecule has 0 bridgehead atoms. The highest BCUT2D eigenvalue weighted by molar-refractivity contribution is 9.10. The van der Waals surface area contributed by atoms with Crippen molar-refractivity contribution in [3.05, 3.63) is 22.2 Å². The molecule has 1 fully saturated rings. The molecular weight excluding hydrogens is 360 g/mol. The molecule has 0 aromatic heterocycles. The van der Waals surface area contributed by atoms with Crippen molar-refractivity contribution < 1.29 is 14.3 Å². The zero-order valence-electron chi connectivity index (χ0n) is 13.7. The lowest BCUT2D eigenvalue weighted by Crippen LogP contribution is -2.40. The molecule has 0 unspecified atom stereocenters. The number of benzene rings is 1. The number of nitrogens with one attached hydrogen (secondary N) is 1. The van der Waals surface area contributed by atoms with E-state index in [1.54, 1.807) is 19.2 Å². The summed E-state index contributed by atoms with van der Waals surface area (Å²) in [6.07, 6.45) is 4.69. The van der Waals surface area contributed by atoms with Crippen LogP contribution < -0.4 is 20.5 Å². The largest absolute Gasteiger partial charge is 0.493 e. The van der Waals surface area contributed by atoms with Crippen molar-refractivity contribution in [3.8, 4) is 11.5 Å². The number of nitrogens with two attached hydrogens (primary N) is 1. The van der Waals surface area contributed by atoms with E-state index in [1.165, 1.54) is 0 Å². The maximum Gasteiger partial charge on any atom is 0.251 e. The molecule has 1 saturated carbocycles. The number of carbonyl (C=O) groups excluding carboxylic acids is 1. The van der Waals surface area contributed by atoms with Gasteiger partial charge in [0.05, 0.1) is 18.2 Å². The molecule has 0 spiro atoms. The van der Waals surface area contributed by atoms with E-state index in [2.05, 4.69) is 21.2 Å². The van der Waals surface area contributed by atoms with Gasteiger partial charge < -0.3 is 20.5 Å². The molecule has 0 heterocycles. The molecule has 23 heavy (non-hydrogen) atoms. The van der Waals surface area contributed by atoms with Gasteiger partial charge in [-0.05, 0) is 60.2 Å². The van der Waals surface area contributed by atoms with Crippen molar-refractivity contribution in [1.29, 1.82) is 0 Å². The first-order valence-electron chi connectivity index (χ1n) is 8.12. The van der Waals surface area contributed by atoms with Gasteiger partial charge in [0, 0.05) is 17.6 Å². The van der Waals surface area contributed by atoms with Crippen LogP contribution in [-0.2, 0) is 0 Å². The summed E-state index contributed by atoms with van der Waals surface area (Å²) >= 11 is 3.47. The highest BCUT2D eigenvalue weighted by atomic mass is 79.9. The van der Waals surface area contributed by atoms with E-state index in [0.717, 1.165) is 36.6 Å². The molecule has 0 radical (unpaired) electrons. The minimum atomic E-state index is -0.0912. The van der Waals surface area contributed by atoms with Crippen molar-refractivity contribution in [2.45, 2.75) is 51.1 Å². The maximum absolute atomic E-state index is 12.5. The van der Waals surface area contributed by atoms with Gasteiger partial charge in [-0.25, -0.2) is 0 Å². The van der Waals surface area contributed by atoms with Crippen molar-refractivity contribution in [1.82, 2.24) is 5.32 Å². The standard InChI is InChI=1S/C17H25BrN2O3/c1-3-8-23-16-14(18)9-11(10-15(16)22-2)17(21)20-13-6-4-12(19)5-7-13/h9-10,12-13H,3-8,19H2,1-2H3,(H,20,21). The second-order valence-corrected chi connectivity index (χ2v) is 6.78. The van der Waals surface area contributed by atoms with Crippen LogP contribution in [0.4, 0.5) is 0 Å². The van der Waals surface area contributed by atoms with Crippen molar-refractivity contribution in [2.24, 2.45) is 5.73 Å². The Balaban J connectivity index is 2.09. The van der Waals surface area contributed by atoms with E-state index in [4.69, 9.17) is 15.2 Å². The summed E-state index contributed by atoms with van der Waals surface area (Å²) in [4.78, 5) is 12.5. The third kappa shape index (κ3) is 4.85. The lowest BCUT2D eigenvalue weighted by atomic mass is 9.91. The number of methoxy groups -OCH3 is 1. The normalized spacial score (nSPS) is 20.9. The molecule has 0 atom stereocenters. The molecule has 1 aliphatic carbocycles. The summed E-state index contributed by atoms with van der Waals surface area (Å²) in [7, 11) is 1.57. The molecule has 2 rings (SSSR count). The van der Waals surface area contributed by atoms with E-state index in [1.807, 2.05) is 6.92 Å². The van der Waals surface area contributed by atoms with E-state index in [-0.39, 0.29) is 18.0 Å². The minimum Gasteiger partial charge on any atom is -0.493 e. The molecule has 1 aliphatic rings. The Morgan fingerprint density at radius 2 is 2.04 bits per heavy atom. The fraction of sp³-hybridized carbons (Fsp3) is 0.588. The van der Waals surface area contributed by atoms with Crippen LogP contribution in [0.15, 0.2) is 16.6 Å². The van der Waals surface area contributed by atoms with Gasteiger partial charge in [0.15, 0.2) is 11.5 Å². The summed E-state index contributed by atoms with van der Waals surface area (Å²) < 4.78 is 11.8. The van der Waals surface area contributed by atoms with Crippen LogP contribution in [-0.4, -0.2) is 31.7 Å². The van der Waals surface area contributed by atoms with E-state index >= 15 is 0 Å². The third-order valence-electron chi connectivity index (χ3n) is 4.05. The van der Waals surface area contributed by atoms with E-state index in [0.29, 0.717) is 23.7 Å². The number of rotatable bonds is 6. The summed E-state index contributed by atoms with van der Waals surface area (Å²) in [6, 6.07) is 3.97. The smallest absolute Gasteiger partial charge is 0.251 e. The second-order valence-electron chi connectivity index (χ2n) is 5.92. The molecule has 1 aromatic carbocycles. The van der Waals surface area contributed by atoms with Gasteiger partial charge in [0.1, 0.15) is 0 Å². The molecule has 5 nitrogen and oxygen atoms in total. The first kappa shape index (κ1) is 18.1. The van der Waals surface area contributed by atoms with Crippen LogP contribution in [0.3, 0.4) is 0 Å². The number of carbonyl (C=O) groups is 1. The molecular formula is C17H25BrN2O3. The third-order valence-corrected chi connectivity index (χ3v) is 4.64. The van der Waals surface area contributed by atoms with E-state index < -0.39 is 0 Å². The average molecular weight is 385 g/mol. The molecule has 6 heteroatoms. The number of ether oxygens (including phenoxy) is 2. The summed E-state index contributed by atoms with van der Waals surface area (Å²) in [5.74, 6) is 1.10. The van der Waals surface area contributed by atoms with Gasteiger partial charge in [-0.15, -0.1) is 0 Å². The van der Waals surface area contributed by atoms with Crippen LogP contribution in [0.1, 0.15) is 49.4 Å². The van der Waals surface area contributed by atoms with Crippen molar-refractivity contribution in [3.63, 3.8) is 0 Å². The van der Waals surface area contributed by atoms with Gasteiger partial charge in [-0.3, -0.25) is 4.79 Å². The summed E-state index contributed by atoms with van der Waals surface area (Å²) in [5, 5.41) is 3.09. The Kier molecular flexibility index (Phi) is 6.72. The Morgan fingerprint density at radius 3 is 2.65 bits per heavy atom. The first-order chi connectivity index (χ1) is 11.0. The second kappa shape index (κ2) is 8.55. The van der Waals surface area contributed by atoms with Crippen LogP contribution in [0.25, 0.3) is 0 Å². The van der Waals surface area contributed by atoms with Gasteiger partial charge in [0.2, 0.25) is 0 Å².